The minimum atomic E-state index is 0.707. The number of hydrogen-bond donors (Lipinski definition) is 1. The van der Waals surface area contributed by atoms with Gasteiger partial charge in [0.2, 0.25) is 5.88 Å². The predicted molar refractivity (Wildman–Crippen MR) is 86.1 cm³/mol. The number of methoxy groups -OCH3 is 1. The van der Waals surface area contributed by atoms with E-state index < -0.39 is 0 Å². The van der Waals surface area contributed by atoms with Crippen LogP contribution in [0.1, 0.15) is 23.1 Å². The molecular weight excluding hydrogens is 286 g/mol. The van der Waals surface area contributed by atoms with E-state index in [1.165, 1.54) is 5.56 Å². The lowest BCUT2D eigenvalue weighted by Gasteiger charge is -2.05. The number of ether oxygens (including phenoxy) is 1. The van der Waals surface area contributed by atoms with Gasteiger partial charge in [-0.2, -0.15) is 10.1 Å². The Morgan fingerprint density at radius 3 is 2.76 bits per heavy atom. The average Bonchev–Trinajstić information content (AvgIpc) is 3.02. The van der Waals surface area contributed by atoms with Gasteiger partial charge in [-0.15, -0.1) is 0 Å². The van der Waals surface area contributed by atoms with E-state index in [0.29, 0.717) is 5.88 Å². The third-order valence-electron chi connectivity index (χ3n) is 3.15. The molecule has 0 radical (unpaired) electrons. The molecule has 6 nitrogen and oxygen atoms in total. The van der Waals surface area contributed by atoms with Gasteiger partial charge in [-0.3, -0.25) is 4.68 Å². The lowest BCUT2D eigenvalue weighted by Crippen LogP contribution is -2.13. The molecule has 7 heteroatoms. The van der Waals surface area contributed by atoms with Gasteiger partial charge in [-0.05, 0) is 6.42 Å². The highest BCUT2D eigenvalue weighted by Gasteiger charge is 2.13. The van der Waals surface area contributed by atoms with Gasteiger partial charge in [0.05, 0.1) is 17.7 Å². The summed E-state index contributed by atoms with van der Waals surface area (Å²) in [6, 6.07) is 0. The highest BCUT2D eigenvalue weighted by atomic mass is 32.1. The maximum absolute atomic E-state index is 5.34. The second-order valence-electron chi connectivity index (χ2n) is 5.06. The fraction of sp³-hybridized carbons (Fsp3) is 0.571. The maximum Gasteiger partial charge on any atom is 0.230 e. The van der Waals surface area contributed by atoms with Crippen molar-refractivity contribution in [2.45, 2.75) is 26.4 Å². The Balaban J connectivity index is 1.99. The van der Waals surface area contributed by atoms with E-state index in [9.17, 15) is 0 Å². The van der Waals surface area contributed by atoms with Crippen molar-refractivity contribution in [3.8, 4) is 5.88 Å². The minimum absolute atomic E-state index is 0.707. The van der Waals surface area contributed by atoms with Crippen LogP contribution in [0.3, 0.4) is 0 Å². The van der Waals surface area contributed by atoms with Crippen molar-refractivity contribution in [3.63, 3.8) is 0 Å². The van der Waals surface area contributed by atoms with Crippen LogP contribution < -0.4 is 15.0 Å². The van der Waals surface area contributed by atoms with Crippen molar-refractivity contribution in [1.29, 1.82) is 0 Å². The second kappa shape index (κ2) is 6.91. The van der Waals surface area contributed by atoms with Crippen molar-refractivity contribution in [2.75, 3.05) is 26.1 Å². The van der Waals surface area contributed by atoms with Crippen molar-refractivity contribution >= 4 is 16.5 Å². The summed E-state index contributed by atoms with van der Waals surface area (Å²) in [4.78, 5) is 7.56. The first-order valence-corrected chi connectivity index (χ1v) is 7.79. The summed E-state index contributed by atoms with van der Waals surface area (Å²) in [5, 5.41) is 8.86. The van der Waals surface area contributed by atoms with Gasteiger partial charge in [-0.25, -0.2) is 0 Å². The summed E-state index contributed by atoms with van der Waals surface area (Å²) < 4.78 is 7.21. The van der Waals surface area contributed by atoms with Crippen LogP contribution in [-0.4, -0.2) is 36.0 Å². The van der Waals surface area contributed by atoms with Gasteiger partial charge < -0.3 is 15.0 Å². The standard InChI is InChI=1S/C14H23N5OS/c1-6-11-10(9-19(4)17-11)7-15-8-12-13(20-5)16-14(21-12)18(2)3/h9,15H,6-8H2,1-5H3. The topological polar surface area (TPSA) is 55.2 Å². The number of nitrogens with one attached hydrogen (secondary N) is 1. The highest BCUT2D eigenvalue weighted by molar-refractivity contribution is 7.15. The number of nitrogens with zero attached hydrogens (tertiary/aromatic N) is 4. The van der Waals surface area contributed by atoms with Gasteiger partial charge in [0, 0.05) is 46.0 Å². The van der Waals surface area contributed by atoms with Crippen molar-refractivity contribution in [2.24, 2.45) is 7.05 Å². The highest BCUT2D eigenvalue weighted by Crippen LogP contribution is 2.30. The van der Waals surface area contributed by atoms with Crippen molar-refractivity contribution < 1.29 is 4.74 Å². The molecule has 0 aliphatic rings. The zero-order chi connectivity index (χ0) is 15.4. The molecule has 2 heterocycles. The first kappa shape index (κ1) is 15.8. The summed E-state index contributed by atoms with van der Waals surface area (Å²) in [7, 11) is 7.59. The van der Waals surface area contributed by atoms with Crippen molar-refractivity contribution in [3.05, 3.63) is 22.3 Å². The van der Waals surface area contributed by atoms with Crippen LogP contribution in [0.4, 0.5) is 5.13 Å². The van der Waals surface area contributed by atoms with Gasteiger partial charge in [0.1, 0.15) is 0 Å². The number of hydrogen-bond acceptors (Lipinski definition) is 6. The molecule has 1 N–H and O–H groups in total. The molecule has 2 aromatic rings. The Bertz CT molecular complexity index is 590. The lowest BCUT2D eigenvalue weighted by molar-refractivity contribution is 0.394. The third-order valence-corrected chi connectivity index (χ3v) is 4.36. The van der Waals surface area contributed by atoms with Crippen LogP contribution in [0.2, 0.25) is 0 Å². The van der Waals surface area contributed by atoms with Crippen LogP contribution in [-0.2, 0) is 26.6 Å². The first-order chi connectivity index (χ1) is 10.0. The number of anilines is 1. The molecule has 0 fully saturated rings. The van der Waals surface area contributed by atoms with Crippen LogP contribution in [0, 0.1) is 0 Å². The summed E-state index contributed by atoms with van der Waals surface area (Å²) in [5.41, 5.74) is 2.39. The molecule has 0 spiro atoms. The normalized spacial score (nSPS) is 10.9. The van der Waals surface area contributed by atoms with E-state index in [4.69, 9.17) is 4.74 Å². The molecule has 0 unspecified atom stereocenters. The van der Waals surface area contributed by atoms with E-state index in [-0.39, 0.29) is 0 Å². The molecule has 116 valence electrons. The molecule has 0 atom stereocenters. The van der Waals surface area contributed by atoms with E-state index in [2.05, 4.69) is 28.5 Å². The average molecular weight is 309 g/mol. The van der Waals surface area contributed by atoms with Gasteiger partial charge in [-0.1, -0.05) is 18.3 Å². The number of aryl methyl sites for hydroxylation is 2. The predicted octanol–water partition coefficient (Wildman–Crippen LogP) is 1.80. The monoisotopic (exact) mass is 309 g/mol. The molecule has 2 rings (SSSR count). The summed E-state index contributed by atoms with van der Waals surface area (Å²) >= 11 is 1.65. The minimum Gasteiger partial charge on any atom is -0.480 e. The Hall–Kier alpha value is -1.60. The largest absolute Gasteiger partial charge is 0.480 e. The van der Waals surface area contributed by atoms with Gasteiger partial charge in [0.15, 0.2) is 5.13 Å². The van der Waals surface area contributed by atoms with Crippen LogP contribution in [0.5, 0.6) is 5.88 Å². The van der Waals surface area contributed by atoms with Crippen LogP contribution >= 0.6 is 11.3 Å². The van der Waals surface area contributed by atoms with Gasteiger partial charge >= 0.3 is 0 Å². The quantitative estimate of drug-likeness (QED) is 0.845. The van der Waals surface area contributed by atoms with Crippen LogP contribution in [0.15, 0.2) is 6.20 Å². The zero-order valence-electron chi connectivity index (χ0n) is 13.3. The Kier molecular flexibility index (Phi) is 5.19. The molecule has 0 aliphatic heterocycles. The number of thiazole rings is 1. The second-order valence-corrected chi connectivity index (χ2v) is 6.12. The molecule has 2 aromatic heterocycles. The summed E-state index contributed by atoms with van der Waals surface area (Å²) in [6.07, 6.45) is 3.02. The number of aromatic nitrogens is 3. The Labute approximate surface area is 129 Å². The zero-order valence-corrected chi connectivity index (χ0v) is 14.1. The van der Waals surface area contributed by atoms with E-state index in [0.717, 1.165) is 35.2 Å². The molecule has 0 aliphatic carbocycles. The summed E-state index contributed by atoms with van der Waals surface area (Å²) in [5.74, 6) is 0.707. The van der Waals surface area contributed by atoms with E-state index >= 15 is 0 Å². The molecule has 0 saturated carbocycles. The fourth-order valence-electron chi connectivity index (χ4n) is 2.13. The fourth-order valence-corrected chi connectivity index (χ4v) is 3.05. The SMILES string of the molecule is CCc1nn(C)cc1CNCc1sc(N(C)C)nc1OC. The first-order valence-electron chi connectivity index (χ1n) is 6.98. The molecular formula is C14H23N5OS. The molecule has 0 amide bonds. The van der Waals surface area contributed by atoms with E-state index in [1.54, 1.807) is 18.4 Å². The molecule has 0 bridgehead atoms. The third kappa shape index (κ3) is 3.74. The molecule has 0 aromatic carbocycles. The van der Waals surface area contributed by atoms with Gasteiger partial charge in [0.25, 0.3) is 0 Å². The van der Waals surface area contributed by atoms with Crippen LogP contribution in [0.25, 0.3) is 0 Å². The number of rotatable bonds is 7. The maximum atomic E-state index is 5.34. The smallest absolute Gasteiger partial charge is 0.230 e. The van der Waals surface area contributed by atoms with E-state index in [1.807, 2.05) is 30.7 Å². The Morgan fingerprint density at radius 2 is 2.14 bits per heavy atom. The lowest BCUT2D eigenvalue weighted by atomic mass is 10.2. The summed E-state index contributed by atoms with van der Waals surface area (Å²) in [6.45, 7) is 3.67. The molecule has 21 heavy (non-hydrogen) atoms. The Morgan fingerprint density at radius 1 is 1.38 bits per heavy atom. The molecule has 0 saturated heterocycles. The van der Waals surface area contributed by atoms with Crippen molar-refractivity contribution in [1.82, 2.24) is 20.1 Å².